The third-order valence-electron chi connectivity index (χ3n) is 2.87. The number of rotatable bonds is 1. The van der Waals surface area contributed by atoms with Gasteiger partial charge in [-0.15, -0.1) is 0 Å². The molecule has 1 nitrogen and oxygen atoms in total. The monoisotopic (exact) mass is 186 g/mol. The second kappa shape index (κ2) is 3.79. The zero-order chi connectivity index (χ0) is 9.97. The average Bonchev–Trinajstić information content (AvgIpc) is 2.23. The van der Waals surface area contributed by atoms with Crippen LogP contribution in [-0.2, 0) is 4.79 Å². The molecule has 0 amide bonds. The van der Waals surface area contributed by atoms with Gasteiger partial charge < -0.3 is 0 Å². The van der Waals surface area contributed by atoms with Crippen LogP contribution in [0.15, 0.2) is 42.5 Å². The van der Waals surface area contributed by atoms with E-state index in [4.69, 9.17) is 0 Å². The fourth-order valence-corrected chi connectivity index (χ4v) is 1.99. The predicted molar refractivity (Wildman–Crippen MR) is 57.1 cm³/mol. The molecule has 2 atom stereocenters. The zero-order valence-electron chi connectivity index (χ0n) is 8.31. The van der Waals surface area contributed by atoms with Gasteiger partial charge in [0.05, 0.1) is 0 Å². The molecular formula is C13H14O. The molecule has 1 heteroatoms. The molecule has 72 valence electrons. The van der Waals surface area contributed by atoms with Gasteiger partial charge in [0.25, 0.3) is 0 Å². The largest absolute Gasteiger partial charge is 0.295 e. The summed E-state index contributed by atoms with van der Waals surface area (Å²) < 4.78 is 0. The number of benzene rings is 1. The van der Waals surface area contributed by atoms with Crippen LogP contribution < -0.4 is 0 Å². The average molecular weight is 186 g/mol. The predicted octanol–water partition coefficient (Wildman–Crippen LogP) is 2.94. The number of hydrogen-bond donors (Lipinski definition) is 0. The summed E-state index contributed by atoms with van der Waals surface area (Å²) in [6.45, 7) is 2.17. The van der Waals surface area contributed by atoms with Gasteiger partial charge in [0.2, 0.25) is 0 Å². The summed E-state index contributed by atoms with van der Waals surface area (Å²) in [4.78, 5) is 11.3. The zero-order valence-corrected chi connectivity index (χ0v) is 8.31. The lowest BCUT2D eigenvalue weighted by Crippen LogP contribution is -2.16. The fourth-order valence-electron chi connectivity index (χ4n) is 1.99. The molecule has 14 heavy (non-hydrogen) atoms. The molecule has 0 unspecified atom stereocenters. The van der Waals surface area contributed by atoms with E-state index < -0.39 is 0 Å². The van der Waals surface area contributed by atoms with E-state index in [-0.39, 0.29) is 5.78 Å². The van der Waals surface area contributed by atoms with Crippen molar-refractivity contribution in [1.29, 1.82) is 0 Å². The Morgan fingerprint density at radius 3 is 2.64 bits per heavy atom. The molecule has 0 aromatic heterocycles. The minimum Gasteiger partial charge on any atom is -0.295 e. The highest BCUT2D eigenvalue weighted by Gasteiger charge is 2.22. The van der Waals surface area contributed by atoms with Crippen molar-refractivity contribution in [3.63, 3.8) is 0 Å². The van der Waals surface area contributed by atoms with Crippen molar-refractivity contribution in [3.8, 4) is 0 Å². The molecule has 0 saturated carbocycles. The maximum absolute atomic E-state index is 11.3. The number of hydrogen-bond acceptors (Lipinski definition) is 1. The van der Waals surface area contributed by atoms with Crippen LogP contribution in [0, 0.1) is 5.92 Å². The Bertz CT molecular complexity index is 351. The SMILES string of the molecule is C[C@H]1C=CC(=O)C[C@H]1c1ccccc1. The van der Waals surface area contributed by atoms with E-state index in [2.05, 4.69) is 19.1 Å². The van der Waals surface area contributed by atoms with Crippen molar-refractivity contribution in [1.82, 2.24) is 0 Å². The van der Waals surface area contributed by atoms with Crippen LogP contribution in [-0.4, -0.2) is 5.78 Å². The number of carbonyl (C=O) groups excluding carboxylic acids is 1. The summed E-state index contributed by atoms with van der Waals surface area (Å²) in [5, 5.41) is 0. The Hall–Kier alpha value is -1.37. The van der Waals surface area contributed by atoms with Gasteiger partial charge in [-0.3, -0.25) is 4.79 Å². The minimum absolute atomic E-state index is 0.247. The van der Waals surface area contributed by atoms with Gasteiger partial charge in [-0.1, -0.05) is 43.3 Å². The van der Waals surface area contributed by atoms with E-state index in [1.807, 2.05) is 24.3 Å². The van der Waals surface area contributed by atoms with E-state index >= 15 is 0 Å². The molecule has 0 spiro atoms. The first-order valence-electron chi connectivity index (χ1n) is 5.03. The van der Waals surface area contributed by atoms with Gasteiger partial charge in [0.1, 0.15) is 0 Å². The smallest absolute Gasteiger partial charge is 0.156 e. The van der Waals surface area contributed by atoms with Crippen LogP contribution >= 0.6 is 0 Å². The second-order valence-corrected chi connectivity index (χ2v) is 3.91. The Labute approximate surface area is 84.5 Å². The molecular weight excluding hydrogens is 172 g/mol. The Balaban J connectivity index is 2.27. The summed E-state index contributed by atoms with van der Waals surface area (Å²) >= 11 is 0. The van der Waals surface area contributed by atoms with Crippen molar-refractivity contribution >= 4 is 5.78 Å². The molecule has 0 aliphatic heterocycles. The minimum atomic E-state index is 0.247. The van der Waals surface area contributed by atoms with Crippen LogP contribution in [0.5, 0.6) is 0 Å². The highest BCUT2D eigenvalue weighted by molar-refractivity contribution is 5.91. The van der Waals surface area contributed by atoms with Gasteiger partial charge in [-0.2, -0.15) is 0 Å². The lowest BCUT2D eigenvalue weighted by molar-refractivity contribution is -0.115. The molecule has 1 aliphatic carbocycles. The van der Waals surface area contributed by atoms with Gasteiger partial charge in [-0.25, -0.2) is 0 Å². The first-order chi connectivity index (χ1) is 6.77. The van der Waals surface area contributed by atoms with Crippen molar-refractivity contribution in [2.45, 2.75) is 19.3 Å². The van der Waals surface area contributed by atoms with E-state index in [0.29, 0.717) is 18.3 Å². The molecule has 1 aromatic rings. The van der Waals surface area contributed by atoms with E-state index in [1.165, 1.54) is 5.56 Å². The number of carbonyl (C=O) groups is 1. The number of allylic oxidation sites excluding steroid dienone is 2. The van der Waals surface area contributed by atoms with Crippen molar-refractivity contribution < 1.29 is 4.79 Å². The Kier molecular flexibility index (Phi) is 2.49. The maximum atomic E-state index is 11.3. The third-order valence-corrected chi connectivity index (χ3v) is 2.87. The molecule has 2 rings (SSSR count). The van der Waals surface area contributed by atoms with Crippen molar-refractivity contribution in [2.75, 3.05) is 0 Å². The van der Waals surface area contributed by atoms with Gasteiger partial charge in [-0.05, 0) is 23.5 Å². The van der Waals surface area contributed by atoms with Crippen LogP contribution in [0.1, 0.15) is 24.8 Å². The molecule has 0 radical (unpaired) electrons. The molecule has 0 N–H and O–H groups in total. The van der Waals surface area contributed by atoms with Gasteiger partial charge in [0, 0.05) is 6.42 Å². The van der Waals surface area contributed by atoms with E-state index in [9.17, 15) is 4.79 Å². The standard InChI is InChI=1S/C13H14O/c1-10-7-8-12(14)9-13(10)11-5-3-2-4-6-11/h2-8,10,13H,9H2,1H3/t10-,13+/m0/s1. The third kappa shape index (κ3) is 1.77. The van der Waals surface area contributed by atoms with Crippen molar-refractivity contribution in [2.24, 2.45) is 5.92 Å². The van der Waals surface area contributed by atoms with Crippen LogP contribution in [0.4, 0.5) is 0 Å². The Morgan fingerprint density at radius 2 is 1.93 bits per heavy atom. The summed E-state index contributed by atoms with van der Waals surface area (Å²) in [6.07, 6.45) is 4.38. The first kappa shape index (κ1) is 9.20. The lowest BCUT2D eigenvalue weighted by Gasteiger charge is -2.24. The molecule has 0 fully saturated rings. The molecule has 1 aromatic carbocycles. The highest BCUT2D eigenvalue weighted by Crippen LogP contribution is 2.31. The van der Waals surface area contributed by atoms with Crippen LogP contribution in [0.25, 0.3) is 0 Å². The maximum Gasteiger partial charge on any atom is 0.156 e. The molecule has 0 heterocycles. The van der Waals surface area contributed by atoms with E-state index in [1.54, 1.807) is 6.08 Å². The Morgan fingerprint density at radius 1 is 1.21 bits per heavy atom. The van der Waals surface area contributed by atoms with Crippen LogP contribution in [0.2, 0.25) is 0 Å². The summed E-state index contributed by atoms with van der Waals surface area (Å²) in [6, 6.07) is 10.3. The normalized spacial score (nSPS) is 26.5. The summed E-state index contributed by atoms with van der Waals surface area (Å²) in [5.74, 6) is 1.08. The van der Waals surface area contributed by atoms with E-state index in [0.717, 1.165) is 0 Å². The van der Waals surface area contributed by atoms with Gasteiger partial charge >= 0.3 is 0 Å². The fraction of sp³-hybridized carbons (Fsp3) is 0.308. The summed E-state index contributed by atoms with van der Waals surface area (Å²) in [7, 11) is 0. The number of ketones is 1. The topological polar surface area (TPSA) is 17.1 Å². The van der Waals surface area contributed by atoms with Crippen LogP contribution in [0.3, 0.4) is 0 Å². The lowest BCUT2D eigenvalue weighted by atomic mass is 9.80. The molecule has 1 aliphatic rings. The highest BCUT2D eigenvalue weighted by atomic mass is 16.1. The molecule has 0 bridgehead atoms. The van der Waals surface area contributed by atoms with Crippen molar-refractivity contribution in [3.05, 3.63) is 48.0 Å². The summed E-state index contributed by atoms with van der Waals surface area (Å²) in [5.41, 5.74) is 1.28. The first-order valence-corrected chi connectivity index (χ1v) is 5.03. The van der Waals surface area contributed by atoms with Gasteiger partial charge in [0.15, 0.2) is 5.78 Å². The quantitative estimate of drug-likeness (QED) is 0.659. The molecule has 0 saturated heterocycles. The second-order valence-electron chi connectivity index (χ2n) is 3.91.